The minimum absolute atomic E-state index is 0.0901. The summed E-state index contributed by atoms with van der Waals surface area (Å²) in [5.41, 5.74) is 3.89. The van der Waals surface area contributed by atoms with E-state index in [1.54, 1.807) is 16.0 Å². The van der Waals surface area contributed by atoms with E-state index in [1.165, 1.54) is 11.6 Å². The number of anilines is 1. The van der Waals surface area contributed by atoms with E-state index in [0.29, 0.717) is 43.6 Å². The molecule has 3 heterocycles. The number of aromatic nitrogens is 1. The number of morpholine rings is 1. The SMILES string of the molecule is O=C1CCCN1c1cc(-c2cc(Cl)cc(C3COCCN3C(=O)C=CCl)c2)ccn1. The highest BCUT2D eigenvalue weighted by atomic mass is 35.5. The highest BCUT2D eigenvalue weighted by molar-refractivity contribution is 6.31. The van der Waals surface area contributed by atoms with Crippen LogP contribution in [-0.2, 0) is 14.3 Å². The summed E-state index contributed by atoms with van der Waals surface area (Å²) in [4.78, 5) is 32.4. The van der Waals surface area contributed by atoms with Crippen LogP contribution in [0.4, 0.5) is 5.82 Å². The van der Waals surface area contributed by atoms with E-state index in [4.69, 9.17) is 27.9 Å². The monoisotopic (exact) mass is 445 g/mol. The van der Waals surface area contributed by atoms with Crippen LogP contribution in [0.2, 0.25) is 5.02 Å². The first-order valence-electron chi connectivity index (χ1n) is 9.79. The molecule has 0 radical (unpaired) electrons. The Morgan fingerprint density at radius 2 is 2.07 bits per heavy atom. The number of rotatable bonds is 4. The third-order valence-electron chi connectivity index (χ3n) is 5.35. The van der Waals surface area contributed by atoms with Gasteiger partial charge in [-0.1, -0.05) is 23.2 Å². The molecule has 2 aliphatic heterocycles. The second kappa shape index (κ2) is 9.16. The zero-order valence-corrected chi connectivity index (χ0v) is 17.8. The maximum atomic E-state index is 12.5. The number of ether oxygens (including phenoxy) is 1. The standard InChI is InChI=1S/C22H21Cl2N3O3/c23-5-3-22(29)26-8-9-30-14-19(26)17-10-16(11-18(24)12-17)15-4-6-25-20(13-15)27-7-1-2-21(27)28/h3-6,10-13,19H,1-2,7-9,14H2. The maximum absolute atomic E-state index is 12.5. The van der Waals surface area contributed by atoms with Crippen LogP contribution in [0.25, 0.3) is 11.1 Å². The largest absolute Gasteiger partial charge is 0.377 e. The molecule has 8 heteroatoms. The number of hydrogen-bond donors (Lipinski definition) is 0. The van der Waals surface area contributed by atoms with Crippen molar-refractivity contribution in [1.29, 1.82) is 0 Å². The molecule has 2 aromatic rings. The molecule has 2 aliphatic rings. The lowest BCUT2D eigenvalue weighted by Crippen LogP contribution is -2.42. The van der Waals surface area contributed by atoms with Gasteiger partial charge in [0.15, 0.2) is 0 Å². The molecule has 6 nitrogen and oxygen atoms in total. The van der Waals surface area contributed by atoms with E-state index in [9.17, 15) is 9.59 Å². The van der Waals surface area contributed by atoms with Crippen LogP contribution in [0, 0.1) is 0 Å². The van der Waals surface area contributed by atoms with Gasteiger partial charge in [0, 0.05) is 42.3 Å². The fourth-order valence-corrected chi connectivity index (χ4v) is 4.25. The second-order valence-corrected chi connectivity index (χ2v) is 7.93. The minimum atomic E-state index is -0.266. The molecule has 0 N–H and O–H groups in total. The Morgan fingerprint density at radius 1 is 1.20 bits per heavy atom. The predicted octanol–water partition coefficient (Wildman–Crippen LogP) is 4.18. The molecule has 2 fully saturated rings. The summed E-state index contributed by atoms with van der Waals surface area (Å²) >= 11 is 12.0. The van der Waals surface area contributed by atoms with Crippen molar-refractivity contribution >= 4 is 40.8 Å². The van der Waals surface area contributed by atoms with E-state index in [1.807, 2.05) is 30.3 Å². The molecule has 0 aliphatic carbocycles. The topological polar surface area (TPSA) is 62.7 Å². The number of carbonyl (C=O) groups excluding carboxylic acids is 2. The molecule has 1 atom stereocenters. The molecule has 0 saturated carbocycles. The average Bonchev–Trinajstić information content (AvgIpc) is 3.19. The summed E-state index contributed by atoms with van der Waals surface area (Å²) in [5.74, 6) is 0.562. The molecular formula is C22H21Cl2N3O3. The van der Waals surface area contributed by atoms with Crippen LogP contribution in [0.1, 0.15) is 24.4 Å². The van der Waals surface area contributed by atoms with Gasteiger partial charge in [-0.3, -0.25) is 14.5 Å². The summed E-state index contributed by atoms with van der Waals surface area (Å²) < 4.78 is 5.63. The number of amides is 2. The lowest BCUT2D eigenvalue weighted by atomic mass is 9.98. The number of nitrogens with zero attached hydrogens (tertiary/aromatic N) is 3. The van der Waals surface area contributed by atoms with Crippen molar-refractivity contribution in [2.24, 2.45) is 0 Å². The van der Waals surface area contributed by atoms with Crippen LogP contribution >= 0.6 is 23.2 Å². The smallest absolute Gasteiger partial charge is 0.248 e. The molecule has 2 amide bonds. The van der Waals surface area contributed by atoms with Gasteiger partial charge in [0.2, 0.25) is 11.8 Å². The van der Waals surface area contributed by atoms with E-state index >= 15 is 0 Å². The Balaban J connectivity index is 1.68. The number of pyridine rings is 1. The highest BCUT2D eigenvalue weighted by Gasteiger charge is 2.28. The first kappa shape index (κ1) is 20.8. The van der Waals surface area contributed by atoms with Crippen molar-refractivity contribution in [3.05, 3.63) is 58.7 Å². The average molecular weight is 446 g/mol. The quantitative estimate of drug-likeness (QED) is 0.662. The summed E-state index contributed by atoms with van der Waals surface area (Å²) in [6.07, 6.45) is 4.43. The third kappa shape index (κ3) is 4.36. The number of hydrogen-bond acceptors (Lipinski definition) is 4. The van der Waals surface area contributed by atoms with Crippen molar-refractivity contribution < 1.29 is 14.3 Å². The van der Waals surface area contributed by atoms with Gasteiger partial charge in [-0.15, -0.1) is 0 Å². The molecule has 2 saturated heterocycles. The lowest BCUT2D eigenvalue weighted by Gasteiger charge is -2.35. The van der Waals surface area contributed by atoms with E-state index in [2.05, 4.69) is 4.98 Å². The Bertz CT molecular complexity index is 995. The van der Waals surface area contributed by atoms with Crippen molar-refractivity contribution in [3.63, 3.8) is 0 Å². The molecule has 1 aromatic heterocycles. The van der Waals surface area contributed by atoms with Gasteiger partial charge in [-0.2, -0.15) is 0 Å². The summed E-state index contributed by atoms with van der Waals surface area (Å²) in [6, 6.07) is 9.23. The van der Waals surface area contributed by atoms with Crippen molar-refractivity contribution in [1.82, 2.24) is 9.88 Å². The highest BCUT2D eigenvalue weighted by Crippen LogP contribution is 2.33. The molecule has 1 unspecified atom stereocenters. The first-order chi connectivity index (χ1) is 14.6. The lowest BCUT2D eigenvalue weighted by molar-refractivity contribution is -0.134. The Kier molecular flexibility index (Phi) is 6.37. The van der Waals surface area contributed by atoms with E-state index in [0.717, 1.165) is 23.1 Å². The Hall–Kier alpha value is -2.41. The fraction of sp³-hybridized carbons (Fsp3) is 0.318. The van der Waals surface area contributed by atoms with Gasteiger partial charge in [0.25, 0.3) is 0 Å². The third-order valence-corrected chi connectivity index (χ3v) is 5.70. The van der Waals surface area contributed by atoms with Crippen LogP contribution in [0.15, 0.2) is 48.1 Å². The van der Waals surface area contributed by atoms with Crippen LogP contribution in [0.5, 0.6) is 0 Å². The van der Waals surface area contributed by atoms with E-state index < -0.39 is 0 Å². The Labute approximate surface area is 185 Å². The van der Waals surface area contributed by atoms with Gasteiger partial charge >= 0.3 is 0 Å². The van der Waals surface area contributed by atoms with Crippen LogP contribution in [0.3, 0.4) is 0 Å². The van der Waals surface area contributed by atoms with Crippen LogP contribution in [-0.4, -0.2) is 48.0 Å². The number of carbonyl (C=O) groups is 2. The fourth-order valence-electron chi connectivity index (χ4n) is 3.90. The number of benzene rings is 1. The van der Waals surface area contributed by atoms with Gasteiger partial charge < -0.3 is 9.64 Å². The van der Waals surface area contributed by atoms with Crippen molar-refractivity contribution in [2.75, 3.05) is 31.2 Å². The number of halogens is 2. The van der Waals surface area contributed by atoms with Crippen LogP contribution < -0.4 is 4.90 Å². The molecule has 156 valence electrons. The molecule has 4 rings (SSSR count). The second-order valence-electron chi connectivity index (χ2n) is 7.24. The summed E-state index contributed by atoms with van der Waals surface area (Å²) in [5, 5.41) is 0.559. The summed E-state index contributed by atoms with van der Waals surface area (Å²) in [7, 11) is 0. The zero-order chi connectivity index (χ0) is 21.1. The maximum Gasteiger partial charge on any atom is 0.248 e. The van der Waals surface area contributed by atoms with Crippen molar-refractivity contribution in [3.8, 4) is 11.1 Å². The van der Waals surface area contributed by atoms with Gasteiger partial charge in [-0.25, -0.2) is 4.98 Å². The first-order valence-corrected chi connectivity index (χ1v) is 10.6. The van der Waals surface area contributed by atoms with Gasteiger partial charge in [0.05, 0.1) is 19.3 Å². The van der Waals surface area contributed by atoms with E-state index in [-0.39, 0.29) is 17.9 Å². The Morgan fingerprint density at radius 3 is 2.83 bits per heavy atom. The van der Waals surface area contributed by atoms with Gasteiger partial charge in [-0.05, 0) is 53.4 Å². The normalized spacial score (nSPS) is 19.7. The molecule has 0 spiro atoms. The van der Waals surface area contributed by atoms with Gasteiger partial charge in [0.1, 0.15) is 5.82 Å². The molecular weight excluding hydrogens is 425 g/mol. The minimum Gasteiger partial charge on any atom is -0.377 e. The summed E-state index contributed by atoms with van der Waals surface area (Å²) in [6.45, 7) is 2.01. The molecule has 30 heavy (non-hydrogen) atoms. The predicted molar refractivity (Wildman–Crippen MR) is 117 cm³/mol. The zero-order valence-electron chi connectivity index (χ0n) is 16.3. The van der Waals surface area contributed by atoms with Crippen molar-refractivity contribution in [2.45, 2.75) is 18.9 Å². The molecule has 1 aromatic carbocycles. The molecule has 0 bridgehead atoms.